The summed E-state index contributed by atoms with van der Waals surface area (Å²) in [7, 11) is 0. The van der Waals surface area contributed by atoms with E-state index in [1.165, 1.54) is 11.3 Å². The van der Waals surface area contributed by atoms with Crippen molar-refractivity contribution in [3.05, 3.63) is 39.1 Å². The van der Waals surface area contributed by atoms with Crippen LogP contribution in [0.25, 0.3) is 20.7 Å². The fourth-order valence-electron chi connectivity index (χ4n) is 2.74. The first-order valence-electron chi connectivity index (χ1n) is 7.80. The Balaban J connectivity index is 1.66. The lowest BCUT2D eigenvalue weighted by Gasteiger charge is -2.12. The number of rotatable bonds is 4. The highest BCUT2D eigenvalue weighted by Gasteiger charge is 2.41. The highest BCUT2D eigenvalue weighted by atomic mass is 32.1. The summed E-state index contributed by atoms with van der Waals surface area (Å²) in [6.07, 6.45) is 0.318. The van der Waals surface area contributed by atoms with Crippen molar-refractivity contribution >= 4 is 38.9 Å². The van der Waals surface area contributed by atoms with E-state index in [1.807, 2.05) is 29.8 Å². The molecular weight excluding hydrogens is 344 g/mol. The van der Waals surface area contributed by atoms with Crippen molar-refractivity contribution in [3.8, 4) is 10.4 Å². The summed E-state index contributed by atoms with van der Waals surface area (Å²) in [5.74, 6) is 0.580. The molecule has 124 valence electrons. The zero-order valence-electron chi connectivity index (χ0n) is 13.2. The van der Waals surface area contributed by atoms with E-state index in [4.69, 9.17) is 4.74 Å². The maximum atomic E-state index is 12.5. The van der Waals surface area contributed by atoms with Gasteiger partial charge in [0.25, 0.3) is 5.56 Å². The number of hydrogen-bond donors (Lipinski definition) is 1. The van der Waals surface area contributed by atoms with Gasteiger partial charge in [-0.3, -0.25) is 9.59 Å². The second kappa shape index (κ2) is 5.82. The Labute approximate surface area is 146 Å². The molecule has 24 heavy (non-hydrogen) atoms. The average molecular weight is 360 g/mol. The van der Waals surface area contributed by atoms with Crippen LogP contribution in [0.4, 0.5) is 0 Å². The van der Waals surface area contributed by atoms with Crippen LogP contribution < -0.4 is 5.56 Å². The van der Waals surface area contributed by atoms with Gasteiger partial charge in [-0.2, -0.15) is 0 Å². The summed E-state index contributed by atoms with van der Waals surface area (Å²) in [6, 6.07) is 3.95. The first-order chi connectivity index (χ1) is 11.5. The van der Waals surface area contributed by atoms with E-state index in [0.717, 1.165) is 16.9 Å². The number of aromatic nitrogens is 2. The summed E-state index contributed by atoms with van der Waals surface area (Å²) in [5, 5.41) is 4.53. The van der Waals surface area contributed by atoms with Gasteiger partial charge in [-0.1, -0.05) is 13.0 Å². The van der Waals surface area contributed by atoms with Gasteiger partial charge in [0.15, 0.2) is 11.9 Å². The van der Waals surface area contributed by atoms with Crippen LogP contribution >= 0.6 is 22.7 Å². The van der Waals surface area contributed by atoms with Crippen LogP contribution in [0.3, 0.4) is 0 Å². The maximum Gasteiger partial charge on any atom is 0.309 e. The van der Waals surface area contributed by atoms with Crippen LogP contribution in [0, 0.1) is 11.8 Å². The van der Waals surface area contributed by atoms with Crippen LogP contribution in [0.15, 0.2) is 27.7 Å². The Hall–Kier alpha value is -1.99. The third-order valence-corrected chi connectivity index (χ3v) is 6.11. The molecule has 0 unspecified atom stereocenters. The van der Waals surface area contributed by atoms with E-state index in [1.54, 1.807) is 18.3 Å². The van der Waals surface area contributed by atoms with Crippen molar-refractivity contribution in [1.29, 1.82) is 0 Å². The van der Waals surface area contributed by atoms with E-state index in [0.29, 0.717) is 22.0 Å². The van der Waals surface area contributed by atoms with Gasteiger partial charge in [-0.05, 0) is 30.7 Å². The molecular formula is C17H16N2O3S2. The molecule has 3 atom stereocenters. The molecule has 0 spiro atoms. The van der Waals surface area contributed by atoms with E-state index in [-0.39, 0.29) is 17.4 Å². The number of H-pyrrole nitrogens is 1. The van der Waals surface area contributed by atoms with Gasteiger partial charge in [0.05, 0.1) is 11.3 Å². The zero-order chi connectivity index (χ0) is 16.8. The molecule has 1 saturated carbocycles. The number of ether oxygens (including phenoxy) is 1. The lowest BCUT2D eigenvalue weighted by atomic mass is 10.2. The predicted octanol–water partition coefficient (Wildman–Crippen LogP) is 3.97. The summed E-state index contributed by atoms with van der Waals surface area (Å²) >= 11 is 3.02. The Morgan fingerprint density at radius 3 is 2.92 bits per heavy atom. The van der Waals surface area contributed by atoms with E-state index >= 15 is 0 Å². The smallest absolute Gasteiger partial charge is 0.309 e. The van der Waals surface area contributed by atoms with Crippen molar-refractivity contribution in [2.24, 2.45) is 11.8 Å². The van der Waals surface area contributed by atoms with Crippen LogP contribution in [-0.4, -0.2) is 15.9 Å². The number of thiophene rings is 2. The Kier molecular flexibility index (Phi) is 3.77. The van der Waals surface area contributed by atoms with Crippen LogP contribution in [-0.2, 0) is 9.53 Å². The lowest BCUT2D eigenvalue weighted by molar-refractivity contribution is -0.150. The van der Waals surface area contributed by atoms with E-state index in [9.17, 15) is 9.59 Å². The van der Waals surface area contributed by atoms with Crippen LogP contribution in [0.1, 0.15) is 32.2 Å². The summed E-state index contributed by atoms with van der Waals surface area (Å²) in [4.78, 5) is 33.5. The molecule has 3 heterocycles. The summed E-state index contributed by atoms with van der Waals surface area (Å²) in [6.45, 7) is 3.77. The minimum absolute atomic E-state index is 0.00456. The molecule has 3 aromatic rings. The van der Waals surface area contributed by atoms with Crippen molar-refractivity contribution in [2.45, 2.75) is 26.4 Å². The predicted molar refractivity (Wildman–Crippen MR) is 95.3 cm³/mol. The highest BCUT2D eigenvalue weighted by Crippen LogP contribution is 2.39. The lowest BCUT2D eigenvalue weighted by Crippen LogP contribution is -2.18. The third-order valence-electron chi connectivity index (χ3n) is 4.34. The number of nitrogens with zero attached hydrogens (tertiary/aromatic N) is 1. The molecule has 0 amide bonds. The minimum atomic E-state index is -0.560. The molecule has 5 nitrogen and oxygen atoms in total. The molecule has 4 rings (SSSR count). The van der Waals surface area contributed by atoms with Gasteiger partial charge in [-0.25, -0.2) is 4.98 Å². The van der Waals surface area contributed by atoms with Crippen molar-refractivity contribution in [1.82, 2.24) is 9.97 Å². The van der Waals surface area contributed by atoms with Crippen LogP contribution in [0.2, 0.25) is 0 Å². The van der Waals surface area contributed by atoms with Crippen molar-refractivity contribution in [3.63, 3.8) is 0 Å². The number of esters is 1. The van der Waals surface area contributed by atoms with Crippen molar-refractivity contribution in [2.75, 3.05) is 0 Å². The van der Waals surface area contributed by atoms with E-state index in [2.05, 4.69) is 9.97 Å². The molecule has 0 saturated heterocycles. The number of aromatic amines is 1. The molecule has 1 N–H and O–H groups in total. The summed E-state index contributed by atoms with van der Waals surface area (Å²) < 4.78 is 5.45. The van der Waals surface area contributed by atoms with Gasteiger partial charge >= 0.3 is 5.97 Å². The number of carbonyl (C=O) groups excluding carboxylic acids is 1. The second-order valence-corrected chi connectivity index (χ2v) is 7.96. The molecule has 0 radical (unpaired) electrons. The second-order valence-electron chi connectivity index (χ2n) is 6.16. The maximum absolute atomic E-state index is 12.5. The van der Waals surface area contributed by atoms with Gasteiger partial charge < -0.3 is 9.72 Å². The molecule has 7 heteroatoms. The van der Waals surface area contributed by atoms with Gasteiger partial charge in [0.2, 0.25) is 0 Å². The molecule has 3 aromatic heterocycles. The topological polar surface area (TPSA) is 72.0 Å². The number of carbonyl (C=O) groups is 1. The molecule has 1 aliphatic carbocycles. The molecule has 0 aliphatic heterocycles. The largest absolute Gasteiger partial charge is 0.454 e. The van der Waals surface area contributed by atoms with Crippen LogP contribution in [0.5, 0.6) is 0 Å². The minimum Gasteiger partial charge on any atom is -0.454 e. The number of nitrogens with one attached hydrogen (secondary N) is 1. The third kappa shape index (κ3) is 2.67. The first kappa shape index (κ1) is 15.5. The zero-order valence-corrected chi connectivity index (χ0v) is 14.9. The molecule has 0 aromatic carbocycles. The molecule has 1 aliphatic rings. The van der Waals surface area contributed by atoms with Gasteiger partial charge in [0, 0.05) is 15.8 Å². The SMILES string of the molecule is C[C@H](OC(=O)[C@H]1C[C@H]1C)c1nc2scc(-c3cccs3)c2c(=O)[nH]1. The van der Waals surface area contributed by atoms with Gasteiger partial charge in [0.1, 0.15) is 4.83 Å². The van der Waals surface area contributed by atoms with Crippen molar-refractivity contribution < 1.29 is 9.53 Å². The summed E-state index contributed by atoms with van der Waals surface area (Å²) in [5.41, 5.74) is 0.712. The fraction of sp³-hybridized carbons (Fsp3) is 0.353. The molecule has 1 fully saturated rings. The van der Waals surface area contributed by atoms with Gasteiger partial charge in [-0.15, -0.1) is 22.7 Å². The number of hydrogen-bond acceptors (Lipinski definition) is 6. The number of fused-ring (bicyclic) bond motifs is 1. The normalized spacial score (nSPS) is 20.9. The monoisotopic (exact) mass is 360 g/mol. The Morgan fingerprint density at radius 2 is 2.25 bits per heavy atom. The molecule has 0 bridgehead atoms. The fourth-order valence-corrected chi connectivity index (χ4v) is 4.51. The van der Waals surface area contributed by atoms with E-state index < -0.39 is 6.10 Å². The Morgan fingerprint density at radius 1 is 1.46 bits per heavy atom. The highest BCUT2D eigenvalue weighted by molar-refractivity contribution is 7.18. The first-order valence-corrected chi connectivity index (χ1v) is 9.56. The average Bonchev–Trinajstić information content (AvgIpc) is 2.95. The standard InChI is InChI=1S/C17H16N2O3S2/c1-8-6-10(8)17(21)22-9(2)14-18-15(20)13-11(7-24-16(13)19-14)12-4-3-5-23-12/h3-5,7-10H,6H2,1-2H3,(H,18,19,20)/t8-,9+,10+/m1/s1. The quantitative estimate of drug-likeness (QED) is 0.715. The Bertz CT molecular complexity index is 958.